The van der Waals surface area contributed by atoms with E-state index in [0.29, 0.717) is 13.1 Å². The number of nitrogens with one attached hydrogen (secondary N) is 2. The minimum absolute atomic E-state index is 0.00348. The Kier molecular flexibility index (Phi) is 6.62. The van der Waals surface area contributed by atoms with Gasteiger partial charge in [0, 0.05) is 59.8 Å². The van der Waals surface area contributed by atoms with Crippen molar-refractivity contribution in [1.82, 2.24) is 30.1 Å². The molecule has 1 unspecified atom stereocenters. The monoisotopic (exact) mass is 568 g/mol. The van der Waals surface area contributed by atoms with E-state index in [-0.39, 0.29) is 23.5 Å². The number of carbonyl (C=O) groups is 1. The van der Waals surface area contributed by atoms with Crippen molar-refractivity contribution in [2.45, 2.75) is 49.7 Å². The molecule has 36 heavy (non-hydrogen) atoms. The predicted octanol–water partition coefficient (Wildman–Crippen LogP) is 3.85. The maximum atomic E-state index is 13.2. The lowest BCUT2D eigenvalue weighted by molar-refractivity contribution is -0.124. The van der Waals surface area contributed by atoms with E-state index in [1.54, 1.807) is 0 Å². The van der Waals surface area contributed by atoms with Crippen LogP contribution in [-0.4, -0.2) is 57.6 Å². The van der Waals surface area contributed by atoms with Crippen LogP contribution < -0.4 is 10.6 Å². The molecule has 6 rings (SSSR count). The lowest BCUT2D eigenvalue weighted by atomic mass is 9.95. The third kappa shape index (κ3) is 4.72. The Balaban J connectivity index is 1.19. The molecule has 1 aromatic carbocycles. The fourth-order valence-corrected chi connectivity index (χ4v) is 6.40. The Hall–Kier alpha value is -2.26. The highest BCUT2D eigenvalue weighted by Gasteiger charge is 2.44. The summed E-state index contributed by atoms with van der Waals surface area (Å²) in [4.78, 5) is 24.7. The zero-order valence-corrected chi connectivity index (χ0v) is 22.4. The van der Waals surface area contributed by atoms with Crippen LogP contribution in [0.3, 0.4) is 0 Å². The fourth-order valence-electron chi connectivity index (χ4n) is 5.83. The van der Waals surface area contributed by atoms with Crippen LogP contribution in [0.15, 0.2) is 53.7 Å². The van der Waals surface area contributed by atoms with Crippen LogP contribution in [0.2, 0.25) is 5.02 Å². The number of amides is 1. The first-order chi connectivity index (χ1) is 17.5. The number of pyridine rings is 1. The average molecular weight is 570 g/mol. The molecule has 1 saturated heterocycles. The van der Waals surface area contributed by atoms with Crippen molar-refractivity contribution < 1.29 is 4.79 Å². The minimum atomic E-state index is -0.264. The van der Waals surface area contributed by atoms with Gasteiger partial charge in [-0.2, -0.15) is 0 Å². The van der Waals surface area contributed by atoms with E-state index in [1.807, 2.05) is 31.0 Å². The highest BCUT2D eigenvalue weighted by molar-refractivity contribution is 9.10. The van der Waals surface area contributed by atoms with Crippen molar-refractivity contribution in [3.05, 3.63) is 81.1 Å². The summed E-state index contributed by atoms with van der Waals surface area (Å²) in [5.74, 6) is 0.0649. The number of hydrogen-bond acceptors (Lipinski definition) is 5. The molecule has 7 nitrogen and oxygen atoms in total. The minimum Gasteiger partial charge on any atom is -0.355 e. The van der Waals surface area contributed by atoms with Crippen LogP contribution >= 0.6 is 27.5 Å². The number of fused-ring (bicyclic) bond motifs is 2. The molecular formula is C27H30BrClN6O. The van der Waals surface area contributed by atoms with Gasteiger partial charge in [0.05, 0.1) is 24.1 Å². The molecule has 2 aliphatic carbocycles. The number of aromatic nitrogens is 3. The topological polar surface area (TPSA) is 75.1 Å². The van der Waals surface area contributed by atoms with Gasteiger partial charge in [-0.05, 0) is 82.9 Å². The highest BCUT2D eigenvalue weighted by Crippen LogP contribution is 2.46. The molecule has 0 spiro atoms. The van der Waals surface area contributed by atoms with E-state index in [0.717, 1.165) is 60.4 Å². The van der Waals surface area contributed by atoms with Gasteiger partial charge in [-0.3, -0.25) is 14.7 Å². The molecule has 3 aliphatic rings. The summed E-state index contributed by atoms with van der Waals surface area (Å²) in [6.45, 7) is 2.89. The number of piperazine rings is 1. The summed E-state index contributed by atoms with van der Waals surface area (Å²) in [7, 11) is 0. The molecule has 0 bridgehead atoms. The van der Waals surface area contributed by atoms with Gasteiger partial charge in [0.1, 0.15) is 0 Å². The Morgan fingerprint density at radius 3 is 2.92 bits per heavy atom. The SMILES string of the molecule is O=C(NCCC1(n2ccnc2)CC1)[C@H]1CN(C2c3ccc(Cl)cc3CCc3cc(Br)cnc32)CCN1. The number of halogens is 2. The molecular weight excluding hydrogens is 540 g/mol. The molecule has 3 heterocycles. The first kappa shape index (κ1) is 24.1. The van der Waals surface area contributed by atoms with Crippen molar-refractivity contribution in [3.8, 4) is 0 Å². The first-order valence-corrected chi connectivity index (χ1v) is 13.9. The Morgan fingerprint density at radius 1 is 1.25 bits per heavy atom. The van der Waals surface area contributed by atoms with Gasteiger partial charge in [0.25, 0.3) is 0 Å². The summed E-state index contributed by atoms with van der Waals surface area (Å²) >= 11 is 9.97. The van der Waals surface area contributed by atoms with Gasteiger partial charge in [0.15, 0.2) is 0 Å². The van der Waals surface area contributed by atoms with Gasteiger partial charge < -0.3 is 15.2 Å². The molecule has 2 aromatic heterocycles. The summed E-state index contributed by atoms with van der Waals surface area (Å²) in [5, 5.41) is 7.40. The molecule has 1 aliphatic heterocycles. The van der Waals surface area contributed by atoms with Crippen LogP contribution in [-0.2, 0) is 23.2 Å². The lowest BCUT2D eigenvalue weighted by Gasteiger charge is -2.39. The quantitative estimate of drug-likeness (QED) is 0.472. The summed E-state index contributed by atoms with van der Waals surface area (Å²) in [5.41, 5.74) is 4.96. The molecule has 9 heteroatoms. The molecule has 2 fully saturated rings. The normalized spacial score (nSPS) is 22.8. The van der Waals surface area contributed by atoms with Crippen molar-refractivity contribution in [1.29, 1.82) is 0 Å². The molecule has 1 saturated carbocycles. The van der Waals surface area contributed by atoms with Crippen molar-refractivity contribution in [2.75, 3.05) is 26.2 Å². The number of carbonyl (C=O) groups excluding carboxylic acids is 1. The smallest absolute Gasteiger partial charge is 0.238 e. The van der Waals surface area contributed by atoms with E-state index in [1.165, 1.54) is 16.7 Å². The predicted molar refractivity (Wildman–Crippen MR) is 143 cm³/mol. The third-order valence-corrected chi connectivity index (χ3v) is 8.62. The van der Waals surface area contributed by atoms with Crippen LogP contribution in [0.5, 0.6) is 0 Å². The van der Waals surface area contributed by atoms with E-state index in [9.17, 15) is 4.79 Å². The van der Waals surface area contributed by atoms with E-state index < -0.39 is 0 Å². The number of nitrogens with zero attached hydrogens (tertiary/aromatic N) is 4. The first-order valence-electron chi connectivity index (χ1n) is 12.7. The van der Waals surface area contributed by atoms with Crippen molar-refractivity contribution in [3.63, 3.8) is 0 Å². The summed E-state index contributed by atoms with van der Waals surface area (Å²) < 4.78 is 3.18. The maximum absolute atomic E-state index is 13.2. The van der Waals surface area contributed by atoms with Gasteiger partial charge in [-0.1, -0.05) is 17.7 Å². The van der Waals surface area contributed by atoms with Crippen molar-refractivity contribution in [2.24, 2.45) is 0 Å². The van der Waals surface area contributed by atoms with Crippen molar-refractivity contribution >= 4 is 33.4 Å². The Bertz CT molecular complexity index is 1210. The Labute approximate surface area is 224 Å². The lowest BCUT2D eigenvalue weighted by Crippen LogP contribution is -2.58. The summed E-state index contributed by atoms with van der Waals surface area (Å²) in [6.07, 6.45) is 12.7. The number of aryl methyl sites for hydroxylation is 2. The molecule has 0 radical (unpaired) electrons. The fraction of sp³-hybridized carbons (Fsp3) is 0.444. The van der Waals surface area contributed by atoms with E-state index in [4.69, 9.17) is 16.6 Å². The van der Waals surface area contributed by atoms with Gasteiger partial charge in [-0.25, -0.2) is 4.98 Å². The second kappa shape index (κ2) is 9.89. The molecule has 3 aromatic rings. The highest BCUT2D eigenvalue weighted by atomic mass is 79.9. The van der Waals surface area contributed by atoms with E-state index >= 15 is 0 Å². The number of hydrogen-bond donors (Lipinski definition) is 2. The van der Waals surface area contributed by atoms with Crippen LogP contribution in [0.1, 0.15) is 47.7 Å². The van der Waals surface area contributed by atoms with Crippen LogP contribution in [0, 0.1) is 0 Å². The second-order valence-electron chi connectivity index (χ2n) is 10.2. The van der Waals surface area contributed by atoms with Crippen LogP contribution in [0.25, 0.3) is 0 Å². The average Bonchev–Trinajstić information content (AvgIpc) is 3.50. The third-order valence-electron chi connectivity index (χ3n) is 7.95. The number of rotatable bonds is 6. The number of benzene rings is 1. The molecule has 2 N–H and O–H groups in total. The second-order valence-corrected chi connectivity index (χ2v) is 11.5. The van der Waals surface area contributed by atoms with Gasteiger partial charge in [0.2, 0.25) is 5.91 Å². The van der Waals surface area contributed by atoms with Gasteiger partial charge >= 0.3 is 0 Å². The zero-order chi connectivity index (χ0) is 24.7. The largest absolute Gasteiger partial charge is 0.355 e. The summed E-state index contributed by atoms with van der Waals surface area (Å²) in [6, 6.07) is 8.12. The molecule has 2 atom stereocenters. The van der Waals surface area contributed by atoms with E-state index in [2.05, 4.69) is 59.2 Å². The number of imidazole rings is 1. The van der Waals surface area contributed by atoms with Gasteiger partial charge in [-0.15, -0.1) is 0 Å². The zero-order valence-electron chi connectivity index (χ0n) is 20.1. The standard InChI is InChI=1S/C27H30BrClN6O/c28-20-13-19-2-1-18-14-21(29)3-4-22(18)25(24(19)33-15-20)34-11-10-31-23(16-34)26(36)32-8-7-27(5-6-27)35-12-9-30-17-35/h3-4,9,12-15,17,23,25,31H,1-2,5-8,10-11,16H2,(H,32,36)/t23-,25?/m1/s1. The van der Waals surface area contributed by atoms with Crippen LogP contribution in [0.4, 0.5) is 0 Å². The molecule has 1 amide bonds. The maximum Gasteiger partial charge on any atom is 0.238 e. The molecule has 188 valence electrons. The Morgan fingerprint density at radius 2 is 2.11 bits per heavy atom.